The topological polar surface area (TPSA) is 71.9 Å². The van der Waals surface area contributed by atoms with Gasteiger partial charge in [-0.2, -0.15) is 0 Å². The molecule has 0 spiro atoms. The Hall–Kier alpha value is -1.36. The normalized spacial score (nSPS) is 12.5. The molecule has 1 heterocycles. The summed E-state index contributed by atoms with van der Waals surface area (Å²) in [5.74, 6) is -0.0970. The third-order valence-electron chi connectivity index (χ3n) is 2.16. The Labute approximate surface area is 90.7 Å². The summed E-state index contributed by atoms with van der Waals surface area (Å²) in [6, 6.07) is -0.614. The number of nitrogens with one attached hydrogen (secondary N) is 1. The summed E-state index contributed by atoms with van der Waals surface area (Å²) in [5, 5.41) is -0.106. The molecule has 1 rings (SSSR count). The number of carbonyl (C=O) groups excluding carboxylic acids is 1. The van der Waals surface area contributed by atoms with Crippen LogP contribution in [0.1, 0.15) is 26.3 Å². The number of halogens is 1. The second-order valence-corrected chi connectivity index (χ2v) is 3.55. The number of hydrogen-bond donors (Lipinski definition) is 1. The van der Waals surface area contributed by atoms with E-state index < -0.39 is 17.3 Å². The van der Waals surface area contributed by atoms with E-state index >= 15 is 0 Å². The maximum atomic E-state index is 11.4. The van der Waals surface area contributed by atoms with Crippen molar-refractivity contribution in [1.29, 1.82) is 0 Å². The van der Waals surface area contributed by atoms with Gasteiger partial charge >= 0.3 is 5.69 Å². The fraction of sp³-hybridized carbons (Fsp3) is 0.444. The summed E-state index contributed by atoms with van der Waals surface area (Å²) in [6.07, 6.45) is 1.51. The number of nitrogens with zero attached hydrogens (tertiary/aromatic N) is 1. The van der Waals surface area contributed by atoms with Gasteiger partial charge in [0.25, 0.3) is 5.56 Å². The third-order valence-corrected chi connectivity index (χ3v) is 2.43. The highest BCUT2D eigenvalue weighted by atomic mass is 35.5. The smallest absolute Gasteiger partial charge is 0.297 e. The molecule has 0 fully saturated rings. The fourth-order valence-electron chi connectivity index (χ4n) is 1.20. The Balaban J connectivity index is 3.27. The zero-order valence-corrected chi connectivity index (χ0v) is 9.17. The van der Waals surface area contributed by atoms with Gasteiger partial charge < -0.3 is 0 Å². The van der Waals surface area contributed by atoms with E-state index in [-0.39, 0.29) is 10.8 Å². The Morgan fingerprint density at radius 3 is 2.73 bits per heavy atom. The first-order valence-corrected chi connectivity index (χ1v) is 4.88. The maximum absolute atomic E-state index is 11.4. The molecule has 15 heavy (non-hydrogen) atoms. The predicted molar refractivity (Wildman–Crippen MR) is 56.3 cm³/mol. The Kier molecular flexibility index (Phi) is 3.47. The van der Waals surface area contributed by atoms with Crippen LogP contribution in [-0.2, 0) is 4.79 Å². The van der Waals surface area contributed by atoms with Gasteiger partial charge in [-0.25, -0.2) is 4.79 Å². The molecule has 0 bridgehead atoms. The van der Waals surface area contributed by atoms with E-state index in [0.29, 0.717) is 6.42 Å². The lowest BCUT2D eigenvalue weighted by Crippen LogP contribution is -2.34. The first-order chi connectivity index (χ1) is 6.97. The van der Waals surface area contributed by atoms with Crippen molar-refractivity contribution < 1.29 is 4.79 Å². The van der Waals surface area contributed by atoms with Gasteiger partial charge in [-0.15, -0.1) is 0 Å². The highest BCUT2D eigenvalue weighted by Gasteiger charge is 2.15. The van der Waals surface area contributed by atoms with Crippen LogP contribution in [0.25, 0.3) is 0 Å². The monoisotopic (exact) mass is 230 g/mol. The summed E-state index contributed by atoms with van der Waals surface area (Å²) >= 11 is 5.56. The minimum absolute atomic E-state index is 0.0970. The van der Waals surface area contributed by atoms with Crippen LogP contribution in [0, 0.1) is 0 Å². The first kappa shape index (κ1) is 11.7. The largest absolute Gasteiger partial charge is 0.329 e. The van der Waals surface area contributed by atoms with E-state index in [1.54, 1.807) is 13.8 Å². The van der Waals surface area contributed by atoms with Gasteiger partial charge in [-0.1, -0.05) is 18.5 Å². The molecule has 0 radical (unpaired) electrons. The van der Waals surface area contributed by atoms with Crippen molar-refractivity contribution in [3.05, 3.63) is 32.1 Å². The van der Waals surface area contributed by atoms with Crippen molar-refractivity contribution in [2.45, 2.75) is 26.3 Å². The Morgan fingerprint density at radius 2 is 2.20 bits per heavy atom. The number of hydrogen-bond acceptors (Lipinski definition) is 3. The molecule has 1 N–H and O–H groups in total. The standard InChI is InChI=1S/C9H11ClN2O3/c1-3-7(13)5(2)12-4-6(10)8(14)11-9(12)15/h4-5H,3H2,1-2H3,(H,11,14,15). The van der Waals surface area contributed by atoms with Crippen LogP contribution in [0.15, 0.2) is 15.8 Å². The number of aromatic nitrogens is 2. The van der Waals surface area contributed by atoms with Gasteiger partial charge in [0.05, 0.1) is 6.04 Å². The predicted octanol–water partition coefficient (Wildman–Crippen LogP) is 0.730. The molecule has 0 saturated heterocycles. The van der Waals surface area contributed by atoms with E-state index in [4.69, 9.17) is 11.6 Å². The second kappa shape index (κ2) is 4.44. The first-order valence-electron chi connectivity index (χ1n) is 4.51. The molecule has 0 saturated carbocycles. The molecular formula is C9H11ClN2O3. The van der Waals surface area contributed by atoms with E-state index in [9.17, 15) is 14.4 Å². The van der Waals surface area contributed by atoms with Crippen LogP contribution >= 0.6 is 11.6 Å². The highest BCUT2D eigenvalue weighted by Crippen LogP contribution is 2.07. The zero-order valence-electron chi connectivity index (χ0n) is 8.41. The molecule has 1 aromatic rings. The van der Waals surface area contributed by atoms with E-state index in [0.717, 1.165) is 4.57 Å². The lowest BCUT2D eigenvalue weighted by molar-refractivity contribution is -0.121. The van der Waals surface area contributed by atoms with Gasteiger partial charge in [0, 0.05) is 12.6 Å². The van der Waals surface area contributed by atoms with E-state index in [1.165, 1.54) is 6.20 Å². The van der Waals surface area contributed by atoms with E-state index in [1.807, 2.05) is 4.98 Å². The zero-order chi connectivity index (χ0) is 11.6. The molecule has 1 aromatic heterocycles. The Bertz CT molecular complexity index is 489. The minimum Gasteiger partial charge on any atom is -0.297 e. The van der Waals surface area contributed by atoms with Crippen LogP contribution in [0.5, 0.6) is 0 Å². The summed E-state index contributed by atoms with van der Waals surface area (Å²) < 4.78 is 1.12. The van der Waals surface area contributed by atoms with Crippen molar-refractivity contribution >= 4 is 17.4 Å². The van der Waals surface area contributed by atoms with Gasteiger partial charge in [0.2, 0.25) is 0 Å². The number of carbonyl (C=O) groups is 1. The summed E-state index contributed by atoms with van der Waals surface area (Å²) in [4.78, 5) is 35.7. The molecule has 0 aliphatic heterocycles. The molecule has 0 aliphatic rings. The van der Waals surface area contributed by atoms with Crippen LogP contribution in [-0.4, -0.2) is 15.3 Å². The summed E-state index contributed by atoms with van der Waals surface area (Å²) in [7, 11) is 0. The lowest BCUT2D eigenvalue weighted by atomic mass is 10.2. The van der Waals surface area contributed by atoms with Gasteiger partial charge in [0.1, 0.15) is 5.02 Å². The van der Waals surface area contributed by atoms with Gasteiger partial charge in [0.15, 0.2) is 5.78 Å². The number of rotatable bonds is 3. The number of aromatic amines is 1. The van der Waals surface area contributed by atoms with Crippen LogP contribution < -0.4 is 11.2 Å². The number of Topliss-reactive ketones (excluding diaryl/α,β-unsaturated/α-hetero) is 1. The van der Waals surface area contributed by atoms with Crippen molar-refractivity contribution in [3.8, 4) is 0 Å². The van der Waals surface area contributed by atoms with Gasteiger partial charge in [-0.05, 0) is 6.92 Å². The average Bonchev–Trinajstić information content (AvgIpc) is 2.21. The molecule has 0 aromatic carbocycles. The maximum Gasteiger partial charge on any atom is 0.329 e. The number of ketones is 1. The fourth-order valence-corrected chi connectivity index (χ4v) is 1.35. The lowest BCUT2D eigenvalue weighted by Gasteiger charge is -2.12. The molecular weight excluding hydrogens is 220 g/mol. The minimum atomic E-state index is -0.644. The average molecular weight is 231 g/mol. The molecule has 6 heteroatoms. The summed E-state index contributed by atoms with van der Waals surface area (Å²) in [6.45, 7) is 3.29. The van der Waals surface area contributed by atoms with Crippen molar-refractivity contribution in [3.63, 3.8) is 0 Å². The van der Waals surface area contributed by atoms with Crippen molar-refractivity contribution in [2.24, 2.45) is 0 Å². The third kappa shape index (κ3) is 2.36. The summed E-state index contributed by atoms with van der Waals surface area (Å²) in [5.41, 5.74) is -1.27. The van der Waals surface area contributed by atoms with Crippen molar-refractivity contribution in [1.82, 2.24) is 9.55 Å². The second-order valence-electron chi connectivity index (χ2n) is 3.14. The molecule has 5 nitrogen and oxygen atoms in total. The van der Waals surface area contributed by atoms with Crippen LogP contribution in [0.4, 0.5) is 0 Å². The van der Waals surface area contributed by atoms with E-state index in [2.05, 4.69) is 0 Å². The molecule has 1 atom stereocenters. The van der Waals surface area contributed by atoms with Crippen LogP contribution in [0.2, 0.25) is 5.02 Å². The molecule has 1 unspecified atom stereocenters. The van der Waals surface area contributed by atoms with Gasteiger partial charge in [-0.3, -0.25) is 19.1 Å². The molecule has 0 aliphatic carbocycles. The highest BCUT2D eigenvalue weighted by molar-refractivity contribution is 6.30. The van der Waals surface area contributed by atoms with Crippen LogP contribution in [0.3, 0.4) is 0 Å². The quantitative estimate of drug-likeness (QED) is 0.832. The number of H-pyrrole nitrogens is 1. The van der Waals surface area contributed by atoms with Crippen molar-refractivity contribution in [2.75, 3.05) is 0 Å². The Morgan fingerprint density at radius 1 is 1.60 bits per heavy atom. The molecule has 82 valence electrons. The molecule has 0 amide bonds. The SMILES string of the molecule is CCC(=O)C(C)n1cc(Cl)c(=O)[nH]c1=O.